The average Bonchev–Trinajstić information content (AvgIpc) is 2.76. The molecule has 0 amide bonds. The van der Waals surface area contributed by atoms with Gasteiger partial charge in [0.05, 0.1) is 19.5 Å². The van der Waals surface area contributed by atoms with E-state index in [4.69, 9.17) is 9.47 Å². The standard InChI is InChI=1S/C17H25NO4S/c1-3-22-11-15-7-8-23(19,20)17(15)12-18(13-17)10-14-5-4-6-16(9-14)21-2/h4-6,9,15H,3,7-8,10-13H2,1-2H3. The second-order valence-corrected chi connectivity index (χ2v) is 8.98. The quantitative estimate of drug-likeness (QED) is 0.790. The molecule has 6 heteroatoms. The Balaban J connectivity index is 1.67. The number of methoxy groups -OCH3 is 1. The van der Waals surface area contributed by atoms with E-state index in [2.05, 4.69) is 4.90 Å². The third kappa shape index (κ3) is 2.99. The van der Waals surface area contributed by atoms with Gasteiger partial charge in [0.2, 0.25) is 0 Å². The molecular weight excluding hydrogens is 314 g/mol. The van der Waals surface area contributed by atoms with Gasteiger partial charge in [0, 0.05) is 32.2 Å². The summed E-state index contributed by atoms with van der Waals surface area (Å²) in [7, 11) is -1.36. The number of benzene rings is 1. The van der Waals surface area contributed by atoms with Gasteiger partial charge in [-0.2, -0.15) is 0 Å². The second kappa shape index (κ2) is 6.42. The third-order valence-corrected chi connectivity index (χ3v) is 7.75. The Morgan fingerprint density at radius 1 is 1.35 bits per heavy atom. The van der Waals surface area contributed by atoms with Crippen LogP contribution >= 0.6 is 0 Å². The molecule has 0 bridgehead atoms. The van der Waals surface area contributed by atoms with Gasteiger partial charge in [0.1, 0.15) is 10.5 Å². The Kier molecular flexibility index (Phi) is 4.67. The SMILES string of the molecule is CCOCC1CCS(=O)(=O)C12CN(Cc1cccc(OC)c1)C2. The Bertz CT molecular complexity index is 652. The maximum Gasteiger partial charge on any atom is 0.158 e. The van der Waals surface area contributed by atoms with Gasteiger partial charge in [0.25, 0.3) is 0 Å². The molecule has 23 heavy (non-hydrogen) atoms. The summed E-state index contributed by atoms with van der Waals surface area (Å²) in [5, 5.41) is 0. The first-order valence-corrected chi connectivity index (χ1v) is 9.81. The van der Waals surface area contributed by atoms with Crippen molar-refractivity contribution in [3.63, 3.8) is 0 Å². The lowest BCUT2D eigenvalue weighted by Gasteiger charge is -2.50. The fourth-order valence-electron chi connectivity index (χ4n) is 3.82. The van der Waals surface area contributed by atoms with E-state index in [9.17, 15) is 8.42 Å². The van der Waals surface area contributed by atoms with Gasteiger partial charge in [-0.05, 0) is 31.0 Å². The predicted molar refractivity (Wildman–Crippen MR) is 89.4 cm³/mol. The molecule has 0 saturated carbocycles. The van der Waals surface area contributed by atoms with Crippen LogP contribution in [0.5, 0.6) is 5.75 Å². The predicted octanol–water partition coefficient (Wildman–Crippen LogP) is 1.72. The van der Waals surface area contributed by atoms with E-state index in [1.54, 1.807) is 7.11 Å². The molecule has 3 rings (SSSR count). The molecular formula is C17H25NO4S. The van der Waals surface area contributed by atoms with Gasteiger partial charge in [-0.15, -0.1) is 0 Å². The summed E-state index contributed by atoms with van der Waals surface area (Å²) < 4.78 is 35.3. The maximum absolute atomic E-state index is 12.5. The maximum atomic E-state index is 12.5. The van der Waals surface area contributed by atoms with Crippen molar-refractivity contribution in [1.29, 1.82) is 0 Å². The lowest BCUT2D eigenvalue weighted by Crippen LogP contribution is -2.67. The first kappa shape index (κ1) is 16.7. The first-order chi connectivity index (χ1) is 11.0. The van der Waals surface area contributed by atoms with Crippen LogP contribution in [-0.2, 0) is 21.1 Å². The molecule has 5 nitrogen and oxygen atoms in total. The highest BCUT2D eigenvalue weighted by Gasteiger charge is 2.61. The molecule has 2 fully saturated rings. The van der Waals surface area contributed by atoms with Crippen LogP contribution in [0.15, 0.2) is 24.3 Å². The lowest BCUT2D eigenvalue weighted by molar-refractivity contribution is 0.0292. The highest BCUT2D eigenvalue weighted by atomic mass is 32.2. The highest BCUT2D eigenvalue weighted by molar-refractivity contribution is 7.93. The van der Waals surface area contributed by atoms with Gasteiger partial charge < -0.3 is 9.47 Å². The van der Waals surface area contributed by atoms with Crippen molar-refractivity contribution in [2.75, 3.05) is 39.2 Å². The highest BCUT2D eigenvalue weighted by Crippen LogP contribution is 2.45. The number of likely N-dealkylation sites (tertiary alicyclic amines) is 1. The van der Waals surface area contributed by atoms with Gasteiger partial charge in [-0.3, -0.25) is 4.90 Å². The summed E-state index contributed by atoms with van der Waals surface area (Å²) in [6, 6.07) is 7.94. The van der Waals surface area contributed by atoms with Crippen LogP contribution in [0.4, 0.5) is 0 Å². The summed E-state index contributed by atoms with van der Waals surface area (Å²) in [5.74, 6) is 1.27. The molecule has 1 aromatic rings. The van der Waals surface area contributed by atoms with Gasteiger partial charge in [-0.25, -0.2) is 8.42 Å². The zero-order chi connectivity index (χ0) is 16.5. The summed E-state index contributed by atoms with van der Waals surface area (Å²) in [6.45, 7) is 5.14. The number of hydrogen-bond donors (Lipinski definition) is 0. The fourth-order valence-corrected chi connectivity index (χ4v) is 6.27. The molecule has 2 aliphatic heterocycles. The van der Waals surface area contributed by atoms with Crippen LogP contribution in [0.25, 0.3) is 0 Å². The molecule has 0 aromatic heterocycles. The number of hydrogen-bond acceptors (Lipinski definition) is 5. The third-order valence-electron chi connectivity index (χ3n) is 5.14. The summed E-state index contributed by atoms with van der Waals surface area (Å²) >= 11 is 0. The number of rotatable bonds is 6. The van der Waals surface area contributed by atoms with E-state index >= 15 is 0 Å². The number of nitrogens with zero attached hydrogens (tertiary/aromatic N) is 1. The summed E-state index contributed by atoms with van der Waals surface area (Å²) in [5.41, 5.74) is 1.15. The minimum Gasteiger partial charge on any atom is -0.497 e. The minimum atomic E-state index is -3.01. The lowest BCUT2D eigenvalue weighted by atomic mass is 9.83. The molecule has 1 spiro atoms. The van der Waals surface area contributed by atoms with Gasteiger partial charge >= 0.3 is 0 Å². The number of sulfone groups is 1. The molecule has 0 N–H and O–H groups in total. The van der Waals surface area contributed by atoms with Crippen molar-refractivity contribution in [2.24, 2.45) is 5.92 Å². The van der Waals surface area contributed by atoms with Crippen molar-refractivity contribution in [1.82, 2.24) is 4.90 Å². The van der Waals surface area contributed by atoms with Crippen LogP contribution in [0.2, 0.25) is 0 Å². The second-order valence-electron chi connectivity index (χ2n) is 6.53. The van der Waals surface area contributed by atoms with E-state index < -0.39 is 14.6 Å². The van der Waals surface area contributed by atoms with Crippen molar-refractivity contribution >= 4 is 9.84 Å². The zero-order valence-electron chi connectivity index (χ0n) is 13.8. The van der Waals surface area contributed by atoms with Crippen molar-refractivity contribution in [3.05, 3.63) is 29.8 Å². The van der Waals surface area contributed by atoms with Crippen LogP contribution in [-0.4, -0.2) is 57.2 Å². The Labute approximate surface area is 138 Å². The van der Waals surface area contributed by atoms with E-state index in [0.29, 0.717) is 32.1 Å². The Morgan fingerprint density at radius 2 is 2.13 bits per heavy atom. The van der Waals surface area contributed by atoms with Gasteiger partial charge in [-0.1, -0.05) is 12.1 Å². The van der Waals surface area contributed by atoms with E-state index in [1.807, 2.05) is 31.2 Å². The summed E-state index contributed by atoms with van der Waals surface area (Å²) in [6.07, 6.45) is 0.731. The minimum absolute atomic E-state index is 0.133. The Morgan fingerprint density at radius 3 is 2.83 bits per heavy atom. The molecule has 0 radical (unpaired) electrons. The van der Waals surface area contributed by atoms with Crippen LogP contribution < -0.4 is 4.74 Å². The molecule has 1 atom stereocenters. The molecule has 2 aliphatic rings. The zero-order valence-corrected chi connectivity index (χ0v) is 14.6. The monoisotopic (exact) mass is 339 g/mol. The topological polar surface area (TPSA) is 55.8 Å². The van der Waals surface area contributed by atoms with Crippen molar-refractivity contribution < 1.29 is 17.9 Å². The van der Waals surface area contributed by atoms with Crippen molar-refractivity contribution in [2.45, 2.75) is 24.6 Å². The first-order valence-electron chi connectivity index (χ1n) is 8.16. The smallest absolute Gasteiger partial charge is 0.158 e. The molecule has 0 aliphatic carbocycles. The fraction of sp³-hybridized carbons (Fsp3) is 0.647. The van der Waals surface area contributed by atoms with E-state index in [0.717, 1.165) is 24.3 Å². The molecule has 128 valence electrons. The van der Waals surface area contributed by atoms with Crippen LogP contribution in [0.1, 0.15) is 18.9 Å². The Hall–Kier alpha value is -1.11. The van der Waals surface area contributed by atoms with Crippen molar-refractivity contribution in [3.8, 4) is 5.75 Å². The van der Waals surface area contributed by atoms with Crippen LogP contribution in [0.3, 0.4) is 0 Å². The molecule has 2 heterocycles. The van der Waals surface area contributed by atoms with E-state index in [-0.39, 0.29) is 5.92 Å². The van der Waals surface area contributed by atoms with Crippen LogP contribution in [0, 0.1) is 5.92 Å². The molecule has 1 aromatic carbocycles. The van der Waals surface area contributed by atoms with Gasteiger partial charge in [0.15, 0.2) is 9.84 Å². The molecule has 1 unspecified atom stereocenters. The summed E-state index contributed by atoms with van der Waals surface area (Å²) in [4.78, 5) is 2.20. The largest absolute Gasteiger partial charge is 0.497 e. The average molecular weight is 339 g/mol. The van der Waals surface area contributed by atoms with E-state index in [1.165, 1.54) is 0 Å². The normalized spacial score (nSPS) is 25.4. The molecule has 2 saturated heterocycles. The number of ether oxygens (including phenoxy) is 2.